The lowest BCUT2D eigenvalue weighted by Gasteiger charge is -2.44. The van der Waals surface area contributed by atoms with Crippen LogP contribution in [0, 0.1) is 18.3 Å². The van der Waals surface area contributed by atoms with Crippen molar-refractivity contribution in [2.75, 3.05) is 44.2 Å². The maximum absolute atomic E-state index is 13.4. The van der Waals surface area contributed by atoms with Gasteiger partial charge < -0.3 is 19.6 Å². The number of alkyl halides is 9. The Labute approximate surface area is 211 Å². The molecule has 15 heteroatoms. The summed E-state index contributed by atoms with van der Waals surface area (Å²) < 4.78 is 126. The van der Waals surface area contributed by atoms with Crippen molar-refractivity contribution in [1.29, 1.82) is 0 Å². The highest BCUT2D eigenvalue weighted by Gasteiger charge is 2.62. The van der Waals surface area contributed by atoms with Gasteiger partial charge in [0.15, 0.2) is 5.92 Å². The number of halogens is 9. The average Bonchev–Trinajstić information content (AvgIpc) is 3.24. The Hall–Kier alpha value is -2.86. The van der Waals surface area contributed by atoms with Crippen molar-refractivity contribution in [2.45, 2.75) is 43.6 Å². The maximum Gasteiger partial charge on any atom is 0.416 e. The predicted octanol–water partition coefficient (Wildman–Crippen LogP) is 4.84. The molecule has 1 amide bonds. The van der Waals surface area contributed by atoms with Gasteiger partial charge in [-0.1, -0.05) is 12.0 Å². The third-order valence-electron chi connectivity index (χ3n) is 6.53. The molecule has 0 bridgehead atoms. The van der Waals surface area contributed by atoms with E-state index < -0.39 is 55.2 Å². The van der Waals surface area contributed by atoms with Crippen LogP contribution in [0.4, 0.5) is 50.0 Å². The van der Waals surface area contributed by atoms with E-state index in [1.165, 1.54) is 4.90 Å². The van der Waals surface area contributed by atoms with Crippen molar-refractivity contribution >= 4 is 11.8 Å². The molecule has 1 aromatic rings. The van der Waals surface area contributed by atoms with E-state index in [0.29, 0.717) is 6.42 Å². The first-order chi connectivity index (χ1) is 17.5. The standard InChI is InChI=1S/C23H24F9N3O3/c1-2-9-38-16-5-6-34(12-16)17-10-15(21(24,25)26)4-3-14(17)11-33-7-8-35(20(36)37)18(13-33)19(22(27,28)29)23(30,31)32/h1,3-4,10,16,18-19H,5-9,11-13H2,(H,36,37). The van der Waals surface area contributed by atoms with Crippen LogP contribution in [-0.2, 0) is 17.5 Å². The van der Waals surface area contributed by atoms with E-state index in [2.05, 4.69) is 5.92 Å². The Morgan fingerprint density at radius 2 is 1.71 bits per heavy atom. The number of nitrogens with zero attached hydrogens (tertiary/aromatic N) is 3. The number of hydrogen-bond acceptors (Lipinski definition) is 4. The molecule has 2 atom stereocenters. The fraction of sp³-hybridized carbons (Fsp3) is 0.609. The van der Waals surface area contributed by atoms with Crippen molar-refractivity contribution < 1.29 is 54.2 Å². The lowest BCUT2D eigenvalue weighted by molar-refractivity contribution is -0.300. The van der Waals surface area contributed by atoms with Gasteiger partial charge in [0.2, 0.25) is 0 Å². The molecule has 6 nitrogen and oxygen atoms in total. The molecular weight excluding hydrogens is 537 g/mol. The largest absolute Gasteiger partial charge is 0.465 e. The van der Waals surface area contributed by atoms with E-state index in [0.717, 1.165) is 18.2 Å². The van der Waals surface area contributed by atoms with Gasteiger partial charge in [-0.25, -0.2) is 4.79 Å². The molecule has 0 radical (unpaired) electrons. The van der Waals surface area contributed by atoms with Crippen molar-refractivity contribution in [2.24, 2.45) is 5.92 Å². The maximum atomic E-state index is 13.4. The first kappa shape index (κ1) is 29.7. The van der Waals surface area contributed by atoms with Crippen molar-refractivity contribution in [3.63, 3.8) is 0 Å². The van der Waals surface area contributed by atoms with E-state index in [1.807, 2.05) is 0 Å². The van der Waals surface area contributed by atoms with Crippen LogP contribution in [-0.4, -0.2) is 84.8 Å². The van der Waals surface area contributed by atoms with Gasteiger partial charge >= 0.3 is 24.6 Å². The zero-order valence-corrected chi connectivity index (χ0v) is 19.7. The molecule has 1 aromatic carbocycles. The number of rotatable bonds is 6. The second kappa shape index (κ2) is 11.1. The average molecular weight is 561 g/mol. The number of amides is 1. The molecule has 1 N–H and O–H groups in total. The van der Waals surface area contributed by atoms with Gasteiger partial charge in [-0.05, 0) is 24.1 Å². The first-order valence-electron chi connectivity index (χ1n) is 11.4. The molecule has 0 spiro atoms. The van der Waals surface area contributed by atoms with Gasteiger partial charge in [0, 0.05) is 45.0 Å². The van der Waals surface area contributed by atoms with E-state index in [9.17, 15) is 49.4 Å². The summed E-state index contributed by atoms with van der Waals surface area (Å²) in [5.41, 5.74) is -0.646. The lowest BCUT2D eigenvalue weighted by Crippen LogP contribution is -2.62. The fourth-order valence-corrected chi connectivity index (χ4v) is 4.82. The number of carboxylic acid groups (broad SMARTS) is 1. The molecule has 2 unspecified atom stereocenters. The Morgan fingerprint density at radius 1 is 1.05 bits per heavy atom. The molecule has 38 heavy (non-hydrogen) atoms. The zero-order valence-electron chi connectivity index (χ0n) is 19.7. The number of anilines is 1. The van der Waals surface area contributed by atoms with Crippen LogP contribution < -0.4 is 4.90 Å². The van der Waals surface area contributed by atoms with E-state index in [1.54, 1.807) is 4.90 Å². The summed E-state index contributed by atoms with van der Waals surface area (Å²) in [6.45, 7) is -1.65. The molecule has 212 valence electrons. The van der Waals surface area contributed by atoms with E-state index >= 15 is 0 Å². The highest BCUT2D eigenvalue weighted by molar-refractivity contribution is 5.65. The number of piperazine rings is 1. The minimum atomic E-state index is -5.78. The molecule has 2 heterocycles. The van der Waals surface area contributed by atoms with Crippen LogP contribution in [0.5, 0.6) is 0 Å². The highest BCUT2D eigenvalue weighted by atomic mass is 19.4. The van der Waals surface area contributed by atoms with E-state index in [-0.39, 0.29) is 55.0 Å². The zero-order chi connectivity index (χ0) is 28.5. The van der Waals surface area contributed by atoms with Crippen LogP contribution in [0.15, 0.2) is 18.2 Å². The third-order valence-corrected chi connectivity index (χ3v) is 6.53. The summed E-state index contributed by atoms with van der Waals surface area (Å²) >= 11 is 0. The molecule has 3 rings (SSSR count). The molecule has 2 saturated heterocycles. The number of carbonyl (C=O) groups is 1. The Bertz CT molecular complexity index is 1020. The Balaban J connectivity index is 1.91. The highest BCUT2D eigenvalue weighted by Crippen LogP contribution is 2.44. The second-order valence-electron chi connectivity index (χ2n) is 9.05. The third kappa shape index (κ3) is 6.96. The molecule has 0 aliphatic carbocycles. The van der Waals surface area contributed by atoms with Crippen LogP contribution in [0.2, 0.25) is 0 Å². The van der Waals surface area contributed by atoms with Crippen LogP contribution in [0.3, 0.4) is 0 Å². The van der Waals surface area contributed by atoms with Crippen molar-refractivity contribution in [3.8, 4) is 12.3 Å². The van der Waals surface area contributed by atoms with Gasteiger partial charge in [0.25, 0.3) is 0 Å². The quantitative estimate of drug-likeness (QED) is 0.398. The first-order valence-corrected chi connectivity index (χ1v) is 11.4. The summed E-state index contributed by atoms with van der Waals surface area (Å²) in [4.78, 5) is 14.4. The van der Waals surface area contributed by atoms with Crippen molar-refractivity contribution in [1.82, 2.24) is 9.80 Å². The van der Waals surface area contributed by atoms with Crippen LogP contribution in [0.25, 0.3) is 0 Å². The fourth-order valence-electron chi connectivity index (χ4n) is 4.82. The molecule has 2 aliphatic heterocycles. The Kier molecular flexibility index (Phi) is 8.67. The molecule has 2 fully saturated rings. The minimum Gasteiger partial charge on any atom is -0.465 e. The summed E-state index contributed by atoms with van der Waals surface area (Å²) in [5.74, 6) is -1.65. The number of benzene rings is 1. The lowest BCUT2D eigenvalue weighted by atomic mass is 9.94. The summed E-state index contributed by atoms with van der Waals surface area (Å²) in [7, 11) is 0. The summed E-state index contributed by atoms with van der Waals surface area (Å²) in [6.07, 6.45) is -13.0. The minimum absolute atomic E-state index is 0.0111. The predicted molar refractivity (Wildman–Crippen MR) is 116 cm³/mol. The molecular formula is C23H24F9N3O3. The second-order valence-corrected chi connectivity index (χ2v) is 9.05. The summed E-state index contributed by atoms with van der Waals surface area (Å²) in [5, 5.41) is 9.28. The van der Waals surface area contributed by atoms with Gasteiger partial charge in [-0.15, -0.1) is 6.42 Å². The molecule has 0 saturated carbocycles. The molecule has 0 aromatic heterocycles. The monoisotopic (exact) mass is 561 g/mol. The Morgan fingerprint density at radius 3 is 2.26 bits per heavy atom. The van der Waals surface area contributed by atoms with Gasteiger partial charge in [0.1, 0.15) is 6.61 Å². The topological polar surface area (TPSA) is 56.2 Å². The van der Waals surface area contributed by atoms with Crippen LogP contribution in [0.1, 0.15) is 17.5 Å². The summed E-state index contributed by atoms with van der Waals surface area (Å²) in [6, 6.07) is 0.281. The normalized spacial score (nSPS) is 21.7. The van der Waals surface area contributed by atoms with E-state index in [4.69, 9.17) is 11.2 Å². The molecule has 2 aliphatic rings. The van der Waals surface area contributed by atoms with Gasteiger partial charge in [0.05, 0.1) is 17.7 Å². The smallest absolute Gasteiger partial charge is 0.416 e. The van der Waals surface area contributed by atoms with Gasteiger partial charge in [-0.3, -0.25) is 4.90 Å². The number of terminal acetylenes is 1. The SMILES string of the molecule is C#CCOC1CCN(c2cc(C(F)(F)F)ccc2CN2CCN(C(=O)O)C(C(C(F)(F)F)C(F)(F)F)C2)C1. The number of hydrogen-bond donors (Lipinski definition) is 1. The van der Waals surface area contributed by atoms with Crippen LogP contribution >= 0.6 is 0 Å². The number of ether oxygens (including phenoxy) is 1. The van der Waals surface area contributed by atoms with Crippen molar-refractivity contribution in [3.05, 3.63) is 29.3 Å². The van der Waals surface area contributed by atoms with Gasteiger partial charge in [-0.2, -0.15) is 39.5 Å².